The second kappa shape index (κ2) is 8.14. The topological polar surface area (TPSA) is 96.4 Å². The number of aliphatic imine (C=N–C) groups is 1. The van der Waals surface area contributed by atoms with Crippen LogP contribution in [0, 0.1) is 0 Å². The lowest BCUT2D eigenvalue weighted by Gasteiger charge is -2.43. The number of ether oxygens (including phenoxy) is 2. The Hall–Kier alpha value is -3.62. The van der Waals surface area contributed by atoms with Crippen molar-refractivity contribution in [1.82, 2.24) is 9.88 Å². The minimum absolute atomic E-state index is 0.0222. The molecule has 0 radical (unpaired) electrons. The van der Waals surface area contributed by atoms with Crippen LogP contribution in [0.25, 0.3) is 0 Å². The molecule has 1 N–H and O–H groups in total. The first kappa shape index (κ1) is 20.3. The number of carbonyl (C=O) groups excluding carboxylic acids is 2. The molecule has 1 saturated heterocycles. The highest BCUT2D eigenvalue weighted by atomic mass is 16.5. The molecule has 5 rings (SSSR count). The number of nitrogens with one attached hydrogen (secondary N) is 1. The van der Waals surface area contributed by atoms with E-state index in [2.05, 4.69) is 21.4 Å². The summed E-state index contributed by atoms with van der Waals surface area (Å²) in [6, 6.07) is 7.47. The molecule has 0 spiro atoms. The van der Waals surface area contributed by atoms with E-state index in [1.54, 1.807) is 18.3 Å². The third kappa shape index (κ3) is 3.74. The molecule has 4 heterocycles. The summed E-state index contributed by atoms with van der Waals surface area (Å²) in [5.74, 6) is 0.372. The molecule has 9 nitrogen and oxygen atoms in total. The van der Waals surface area contributed by atoms with E-state index in [0.29, 0.717) is 19.7 Å². The molecule has 1 atom stereocenters. The third-order valence-corrected chi connectivity index (χ3v) is 6.10. The van der Waals surface area contributed by atoms with Crippen LogP contribution in [0.4, 0.5) is 17.1 Å². The summed E-state index contributed by atoms with van der Waals surface area (Å²) < 4.78 is 10.8. The number of hydrogen-bond donors (Lipinski definition) is 1. The van der Waals surface area contributed by atoms with E-state index in [9.17, 15) is 9.59 Å². The molecule has 0 saturated carbocycles. The molecule has 0 bridgehead atoms. The summed E-state index contributed by atoms with van der Waals surface area (Å²) in [7, 11) is 1.32. The lowest BCUT2D eigenvalue weighted by atomic mass is 10.0. The van der Waals surface area contributed by atoms with Gasteiger partial charge in [0.1, 0.15) is 11.4 Å². The summed E-state index contributed by atoms with van der Waals surface area (Å²) in [5.41, 5.74) is 4.92. The van der Waals surface area contributed by atoms with Crippen LogP contribution in [0.3, 0.4) is 0 Å². The molecule has 166 valence electrons. The van der Waals surface area contributed by atoms with Crippen molar-refractivity contribution in [3.05, 3.63) is 41.7 Å². The van der Waals surface area contributed by atoms with Gasteiger partial charge in [0.25, 0.3) is 0 Å². The number of pyridine rings is 1. The highest BCUT2D eigenvalue weighted by molar-refractivity contribution is 5.94. The van der Waals surface area contributed by atoms with Crippen molar-refractivity contribution in [3.63, 3.8) is 0 Å². The predicted molar refractivity (Wildman–Crippen MR) is 120 cm³/mol. The molecule has 9 heteroatoms. The monoisotopic (exact) mass is 435 g/mol. The van der Waals surface area contributed by atoms with Gasteiger partial charge in [-0.15, -0.1) is 0 Å². The van der Waals surface area contributed by atoms with E-state index in [1.165, 1.54) is 7.11 Å². The van der Waals surface area contributed by atoms with Crippen molar-refractivity contribution in [2.45, 2.75) is 25.9 Å². The van der Waals surface area contributed by atoms with Gasteiger partial charge in [-0.25, -0.2) is 9.78 Å². The second-order valence-electron chi connectivity index (χ2n) is 8.26. The maximum Gasteiger partial charge on any atom is 0.356 e. The van der Waals surface area contributed by atoms with Crippen LogP contribution in [0.15, 0.2) is 35.5 Å². The number of rotatable bonds is 2. The number of piperazine rings is 1. The fourth-order valence-electron chi connectivity index (χ4n) is 4.40. The molecular formula is C23H25N5O4. The molecular weight excluding hydrogens is 410 g/mol. The van der Waals surface area contributed by atoms with Crippen molar-refractivity contribution < 1.29 is 19.1 Å². The Morgan fingerprint density at radius 1 is 1.28 bits per heavy atom. The van der Waals surface area contributed by atoms with E-state index < -0.39 is 5.97 Å². The minimum atomic E-state index is -0.481. The van der Waals surface area contributed by atoms with E-state index in [1.807, 2.05) is 22.8 Å². The van der Waals surface area contributed by atoms with Gasteiger partial charge in [-0.2, -0.15) is 0 Å². The first-order valence-corrected chi connectivity index (χ1v) is 10.7. The highest BCUT2D eigenvalue weighted by Crippen LogP contribution is 2.37. The molecule has 1 fully saturated rings. The molecule has 1 aromatic carbocycles. The smallest absolute Gasteiger partial charge is 0.356 e. The number of methoxy groups -OCH3 is 1. The zero-order valence-corrected chi connectivity index (χ0v) is 18.1. The number of fused-ring (bicyclic) bond motifs is 3. The van der Waals surface area contributed by atoms with Gasteiger partial charge in [0.2, 0.25) is 5.91 Å². The Kier molecular flexibility index (Phi) is 5.16. The van der Waals surface area contributed by atoms with Crippen molar-refractivity contribution in [3.8, 4) is 5.75 Å². The first-order valence-electron chi connectivity index (χ1n) is 10.7. The van der Waals surface area contributed by atoms with Crippen molar-refractivity contribution in [1.29, 1.82) is 0 Å². The maximum atomic E-state index is 13.2. The van der Waals surface area contributed by atoms with Crippen LogP contribution in [-0.2, 0) is 16.1 Å². The van der Waals surface area contributed by atoms with Gasteiger partial charge < -0.3 is 24.6 Å². The largest absolute Gasteiger partial charge is 0.493 e. The van der Waals surface area contributed by atoms with Crippen molar-refractivity contribution in [2.75, 3.05) is 43.6 Å². The third-order valence-electron chi connectivity index (χ3n) is 6.10. The number of esters is 1. The SMILES string of the molecule is COC(=O)c1ccc(N2CC(=O)N3Cc4cc5c(cc4OCC[C@@H]3C2)N=C(C)CN5)cn1. The van der Waals surface area contributed by atoms with Crippen LogP contribution < -0.4 is 15.0 Å². The molecule has 3 aliphatic rings. The number of carbonyl (C=O) groups is 2. The lowest BCUT2D eigenvalue weighted by molar-refractivity contribution is -0.135. The maximum absolute atomic E-state index is 13.2. The van der Waals surface area contributed by atoms with E-state index in [4.69, 9.17) is 9.47 Å². The molecule has 32 heavy (non-hydrogen) atoms. The highest BCUT2D eigenvalue weighted by Gasteiger charge is 2.34. The van der Waals surface area contributed by atoms with Gasteiger partial charge in [0, 0.05) is 36.9 Å². The van der Waals surface area contributed by atoms with Crippen LogP contribution in [0.2, 0.25) is 0 Å². The van der Waals surface area contributed by atoms with Gasteiger partial charge in [0.15, 0.2) is 0 Å². The molecule has 2 aromatic rings. The van der Waals surface area contributed by atoms with Gasteiger partial charge >= 0.3 is 5.97 Å². The molecule has 1 aromatic heterocycles. The fourth-order valence-corrected chi connectivity index (χ4v) is 4.40. The van der Waals surface area contributed by atoms with Gasteiger partial charge in [-0.05, 0) is 25.1 Å². The summed E-state index contributed by atoms with van der Waals surface area (Å²) >= 11 is 0. The summed E-state index contributed by atoms with van der Waals surface area (Å²) in [4.78, 5) is 37.5. The average molecular weight is 435 g/mol. The Labute approximate surface area is 186 Å². The van der Waals surface area contributed by atoms with E-state index in [-0.39, 0.29) is 24.2 Å². The number of benzene rings is 1. The Morgan fingerprint density at radius 3 is 2.94 bits per heavy atom. The minimum Gasteiger partial charge on any atom is -0.493 e. The Balaban J connectivity index is 1.37. The number of hydrogen-bond acceptors (Lipinski definition) is 8. The zero-order valence-electron chi connectivity index (χ0n) is 18.1. The zero-order chi connectivity index (χ0) is 22.2. The fraction of sp³-hybridized carbons (Fsp3) is 0.391. The number of amides is 1. The van der Waals surface area contributed by atoms with Gasteiger partial charge in [-0.1, -0.05) is 0 Å². The predicted octanol–water partition coefficient (Wildman–Crippen LogP) is 2.39. The van der Waals surface area contributed by atoms with Crippen LogP contribution in [-0.4, -0.2) is 66.9 Å². The van der Waals surface area contributed by atoms with Gasteiger partial charge in [-0.3, -0.25) is 9.79 Å². The quantitative estimate of drug-likeness (QED) is 0.724. The summed E-state index contributed by atoms with van der Waals surface area (Å²) in [6.07, 6.45) is 2.34. The molecule has 0 unspecified atom stereocenters. The van der Waals surface area contributed by atoms with E-state index >= 15 is 0 Å². The summed E-state index contributed by atoms with van der Waals surface area (Å²) in [5, 5.41) is 3.39. The van der Waals surface area contributed by atoms with E-state index in [0.717, 1.165) is 47.1 Å². The normalized spacial score (nSPS) is 19.9. The van der Waals surface area contributed by atoms with Crippen LogP contribution in [0.5, 0.6) is 5.75 Å². The second-order valence-corrected chi connectivity index (χ2v) is 8.26. The lowest BCUT2D eigenvalue weighted by Crippen LogP contribution is -2.57. The van der Waals surface area contributed by atoms with Crippen LogP contribution in [0.1, 0.15) is 29.4 Å². The Morgan fingerprint density at radius 2 is 2.16 bits per heavy atom. The van der Waals surface area contributed by atoms with Crippen molar-refractivity contribution >= 4 is 34.7 Å². The van der Waals surface area contributed by atoms with Crippen molar-refractivity contribution in [2.24, 2.45) is 4.99 Å². The first-order chi connectivity index (χ1) is 15.5. The molecule has 0 aliphatic carbocycles. The standard InChI is InChI=1S/C23H25N5O4/c1-14-9-24-19-7-15-11-28-17(5-6-32-21(15)8-20(19)26-14)12-27(13-22(28)29)16-3-4-18(25-10-16)23(30)31-2/h3-4,7-8,10,17,24H,5-6,9,11-13H2,1-2H3/t17-/m1/s1. The Bertz CT molecular complexity index is 1100. The van der Waals surface area contributed by atoms with Crippen LogP contribution >= 0.6 is 0 Å². The number of nitrogens with zero attached hydrogens (tertiary/aromatic N) is 4. The summed E-state index contributed by atoms with van der Waals surface area (Å²) in [6.45, 7) is 4.67. The molecule has 1 amide bonds. The number of aromatic nitrogens is 1. The average Bonchev–Trinajstić information content (AvgIpc) is 2.79. The molecule has 3 aliphatic heterocycles. The van der Waals surface area contributed by atoms with Gasteiger partial charge in [0.05, 0.1) is 56.1 Å². The number of anilines is 2.